The van der Waals surface area contributed by atoms with Gasteiger partial charge < -0.3 is 0 Å². The number of hydrogen-bond acceptors (Lipinski definition) is 0. The molecule has 1 aromatic carbocycles. The first-order valence-corrected chi connectivity index (χ1v) is 3.48. The van der Waals surface area contributed by atoms with Crippen LogP contribution in [0.25, 0.3) is 0 Å². The largest absolute Gasteiger partial charge is 0.150 e. The van der Waals surface area contributed by atoms with E-state index in [-0.39, 0.29) is 0 Å². The van der Waals surface area contributed by atoms with Crippen LogP contribution in [0.1, 0.15) is 11.1 Å². The van der Waals surface area contributed by atoms with Gasteiger partial charge in [-0.1, -0.05) is 6.07 Å². The third-order valence-corrected chi connectivity index (χ3v) is 1.51. The zero-order valence-corrected chi connectivity index (χ0v) is 6.73. The van der Waals surface area contributed by atoms with Gasteiger partial charge in [-0.05, 0) is 49.7 Å². The Kier molecular flexibility index (Phi) is 1.81. The summed E-state index contributed by atoms with van der Waals surface area (Å²) in [4.78, 5) is 1.16. The first-order chi connectivity index (χ1) is 4.18. The molecule has 0 nitrogen and oxygen atoms in total. The zero-order chi connectivity index (χ0) is 6.85. The van der Waals surface area contributed by atoms with Crippen LogP contribution in [0.2, 0.25) is 0 Å². The average molecular weight is 139 g/mol. The fourth-order valence-corrected chi connectivity index (χ4v) is 1.43. The second-order valence-corrected chi connectivity index (χ2v) is 2.95. The van der Waals surface area contributed by atoms with Gasteiger partial charge in [0.05, 0.1) is 0 Å². The Bertz CT molecular complexity index is 165. The van der Waals surface area contributed by atoms with E-state index in [0.29, 0.717) is 0 Å². The molecule has 1 aromatic rings. The SMILES string of the molecule is Cc1cc(C)cc([SH2+])c1. The Hall–Kier alpha value is -0.430. The molecule has 0 aliphatic carbocycles. The lowest BCUT2D eigenvalue weighted by molar-refractivity contribution is 1.30. The van der Waals surface area contributed by atoms with Gasteiger partial charge in [-0.15, -0.1) is 0 Å². The van der Waals surface area contributed by atoms with Crippen molar-refractivity contribution >= 4 is 12.6 Å². The van der Waals surface area contributed by atoms with Gasteiger partial charge in [0, 0.05) is 0 Å². The summed E-state index contributed by atoms with van der Waals surface area (Å²) in [6, 6.07) is 6.36. The smallest absolute Gasteiger partial charge is 0.0560 e. The molecular weight excluding hydrogens is 128 g/mol. The summed E-state index contributed by atoms with van der Waals surface area (Å²) < 4.78 is 0. The van der Waals surface area contributed by atoms with Crippen molar-refractivity contribution in [1.29, 1.82) is 0 Å². The maximum absolute atomic E-state index is 3.46. The molecule has 0 heterocycles. The van der Waals surface area contributed by atoms with E-state index >= 15 is 0 Å². The molecule has 0 radical (unpaired) electrons. The van der Waals surface area contributed by atoms with Gasteiger partial charge in [0.25, 0.3) is 0 Å². The molecule has 0 spiro atoms. The maximum atomic E-state index is 3.46. The number of hydrogen-bond donors (Lipinski definition) is 0. The molecular formula is C8H11S+. The lowest BCUT2D eigenvalue weighted by Gasteiger charge is -1.92. The normalized spacial score (nSPS) is 9.67. The molecule has 0 atom stereocenters. The van der Waals surface area contributed by atoms with Crippen LogP contribution in [0.5, 0.6) is 0 Å². The minimum atomic E-state index is 1.16. The number of rotatable bonds is 0. The van der Waals surface area contributed by atoms with E-state index in [2.05, 4.69) is 44.7 Å². The molecule has 48 valence electrons. The van der Waals surface area contributed by atoms with Gasteiger partial charge in [0.15, 0.2) is 4.90 Å². The topological polar surface area (TPSA) is 0 Å². The van der Waals surface area contributed by atoms with Crippen LogP contribution in [0.4, 0.5) is 0 Å². The van der Waals surface area contributed by atoms with Gasteiger partial charge in [0.2, 0.25) is 0 Å². The Labute approximate surface area is 61.3 Å². The second-order valence-electron chi connectivity index (χ2n) is 2.38. The first kappa shape index (κ1) is 6.69. The molecule has 0 aliphatic heterocycles. The van der Waals surface area contributed by atoms with Crippen LogP contribution in [-0.4, -0.2) is 0 Å². The van der Waals surface area contributed by atoms with E-state index < -0.39 is 0 Å². The quantitative estimate of drug-likeness (QED) is 0.480. The van der Waals surface area contributed by atoms with E-state index in [0.717, 1.165) is 4.90 Å². The highest BCUT2D eigenvalue weighted by molar-refractivity contribution is 7.58. The van der Waals surface area contributed by atoms with Crippen molar-refractivity contribution in [2.75, 3.05) is 0 Å². The summed E-state index contributed by atoms with van der Waals surface area (Å²) in [5.74, 6) is 0. The molecule has 0 saturated carbocycles. The third-order valence-electron chi connectivity index (χ3n) is 1.22. The minimum absolute atomic E-state index is 1.16. The van der Waals surface area contributed by atoms with Crippen molar-refractivity contribution in [3.05, 3.63) is 29.3 Å². The van der Waals surface area contributed by atoms with Crippen LogP contribution in [0.15, 0.2) is 23.1 Å². The van der Waals surface area contributed by atoms with Crippen LogP contribution in [-0.2, 0) is 12.6 Å². The van der Waals surface area contributed by atoms with Gasteiger partial charge in [0.1, 0.15) is 0 Å². The highest BCUT2D eigenvalue weighted by atomic mass is 32.1. The van der Waals surface area contributed by atoms with E-state index in [1.165, 1.54) is 11.1 Å². The monoisotopic (exact) mass is 139 g/mol. The lowest BCUT2D eigenvalue weighted by atomic mass is 10.2. The second kappa shape index (κ2) is 2.44. The highest BCUT2D eigenvalue weighted by Crippen LogP contribution is 2.06. The van der Waals surface area contributed by atoms with Crippen molar-refractivity contribution in [2.45, 2.75) is 18.7 Å². The van der Waals surface area contributed by atoms with E-state index in [9.17, 15) is 0 Å². The minimum Gasteiger partial charge on any atom is -0.0560 e. The molecule has 0 bridgehead atoms. The molecule has 0 aliphatic rings. The van der Waals surface area contributed by atoms with Gasteiger partial charge in [-0.25, -0.2) is 0 Å². The predicted octanol–water partition coefficient (Wildman–Crippen LogP) is 1.67. The highest BCUT2D eigenvalue weighted by Gasteiger charge is 1.92. The molecule has 1 rings (SSSR count). The standard InChI is InChI=1S/C8H10S/c1-6-3-7(2)5-8(9)4-6/h3-5,9H,1-2H3/p+1. The molecule has 0 saturated heterocycles. The van der Waals surface area contributed by atoms with E-state index in [4.69, 9.17) is 0 Å². The summed E-state index contributed by atoms with van der Waals surface area (Å²) >= 11 is 3.46. The fourth-order valence-electron chi connectivity index (χ4n) is 0.975. The van der Waals surface area contributed by atoms with Crippen molar-refractivity contribution in [3.63, 3.8) is 0 Å². The van der Waals surface area contributed by atoms with Gasteiger partial charge >= 0.3 is 0 Å². The molecule has 1 heteroatoms. The molecule has 0 aromatic heterocycles. The van der Waals surface area contributed by atoms with Crippen LogP contribution >= 0.6 is 0 Å². The zero-order valence-electron chi connectivity index (χ0n) is 5.73. The van der Waals surface area contributed by atoms with Crippen molar-refractivity contribution in [2.24, 2.45) is 0 Å². The van der Waals surface area contributed by atoms with E-state index in [1.54, 1.807) is 0 Å². The fraction of sp³-hybridized carbons (Fsp3) is 0.250. The molecule has 9 heavy (non-hydrogen) atoms. The Morgan fingerprint density at radius 2 is 1.44 bits per heavy atom. The molecule has 0 unspecified atom stereocenters. The Morgan fingerprint density at radius 3 is 1.78 bits per heavy atom. The first-order valence-electron chi connectivity index (χ1n) is 2.98. The van der Waals surface area contributed by atoms with Crippen LogP contribution in [0.3, 0.4) is 0 Å². The molecule has 0 N–H and O–H groups in total. The predicted molar refractivity (Wildman–Crippen MR) is 44.3 cm³/mol. The van der Waals surface area contributed by atoms with Crippen molar-refractivity contribution in [1.82, 2.24) is 0 Å². The molecule has 0 fully saturated rings. The summed E-state index contributed by atoms with van der Waals surface area (Å²) in [5.41, 5.74) is 2.61. The number of aryl methyl sites for hydroxylation is 2. The Balaban J connectivity index is 3.17. The summed E-state index contributed by atoms with van der Waals surface area (Å²) in [5, 5.41) is 0. The maximum Gasteiger partial charge on any atom is 0.150 e. The van der Waals surface area contributed by atoms with Crippen LogP contribution < -0.4 is 0 Å². The average Bonchev–Trinajstić information content (AvgIpc) is 1.59. The van der Waals surface area contributed by atoms with Gasteiger partial charge in [-0.3, -0.25) is 0 Å². The van der Waals surface area contributed by atoms with Gasteiger partial charge in [-0.2, -0.15) is 0 Å². The molecule has 0 amide bonds. The lowest BCUT2D eigenvalue weighted by Crippen LogP contribution is -1.77. The van der Waals surface area contributed by atoms with Crippen LogP contribution in [0, 0.1) is 13.8 Å². The van der Waals surface area contributed by atoms with Crippen molar-refractivity contribution < 1.29 is 0 Å². The summed E-state index contributed by atoms with van der Waals surface area (Å²) in [6.45, 7) is 4.19. The third kappa shape index (κ3) is 1.75. The number of benzene rings is 1. The Morgan fingerprint density at radius 1 is 1.00 bits per heavy atom. The van der Waals surface area contributed by atoms with Crippen molar-refractivity contribution in [3.8, 4) is 0 Å². The summed E-state index contributed by atoms with van der Waals surface area (Å²) in [7, 11) is 0. The summed E-state index contributed by atoms with van der Waals surface area (Å²) in [6.07, 6.45) is 0. The van der Waals surface area contributed by atoms with E-state index in [1.807, 2.05) is 0 Å².